The number of aryl methyl sites for hydroxylation is 1. The number of halogens is 1. The molecule has 182 valence electrons. The first-order chi connectivity index (χ1) is 17.2. The Kier molecular flexibility index (Phi) is 6.08. The smallest absolute Gasteiger partial charge is 0.255 e. The monoisotopic (exact) mass is 484 g/mol. The molecule has 0 aliphatic carbocycles. The van der Waals surface area contributed by atoms with Gasteiger partial charge >= 0.3 is 0 Å². The van der Waals surface area contributed by atoms with Gasteiger partial charge < -0.3 is 14.4 Å². The molecule has 0 spiro atoms. The van der Waals surface area contributed by atoms with Gasteiger partial charge in [-0.2, -0.15) is 5.10 Å². The molecule has 0 saturated carbocycles. The van der Waals surface area contributed by atoms with E-state index in [1.807, 2.05) is 54.1 Å². The van der Waals surface area contributed by atoms with E-state index in [-0.39, 0.29) is 24.4 Å². The summed E-state index contributed by atoms with van der Waals surface area (Å²) < 4.78 is 28.3. The van der Waals surface area contributed by atoms with Crippen LogP contribution in [0.3, 0.4) is 0 Å². The number of aromatic nitrogens is 3. The van der Waals surface area contributed by atoms with Crippen molar-refractivity contribution in [2.75, 3.05) is 13.7 Å². The molecule has 0 N–H and O–H groups in total. The molecule has 7 nitrogen and oxygen atoms in total. The maximum absolute atomic E-state index is 15.4. The maximum Gasteiger partial charge on any atom is 0.255 e. The summed E-state index contributed by atoms with van der Waals surface area (Å²) in [5, 5.41) is 4.80. The van der Waals surface area contributed by atoms with Crippen molar-refractivity contribution in [1.29, 1.82) is 0 Å². The van der Waals surface area contributed by atoms with E-state index in [4.69, 9.17) is 9.47 Å². The van der Waals surface area contributed by atoms with Gasteiger partial charge in [-0.25, -0.2) is 4.39 Å². The van der Waals surface area contributed by atoms with E-state index in [0.29, 0.717) is 34.7 Å². The van der Waals surface area contributed by atoms with Crippen molar-refractivity contribution in [2.45, 2.75) is 24.9 Å². The van der Waals surface area contributed by atoms with Crippen LogP contribution in [-0.2, 0) is 23.7 Å². The lowest BCUT2D eigenvalue weighted by Crippen LogP contribution is -2.44. The number of methoxy groups -OCH3 is 1. The predicted octanol–water partition coefficient (Wildman–Crippen LogP) is 2.22. The molecule has 2 aromatic carbocycles. The van der Waals surface area contributed by atoms with Crippen LogP contribution in [0.5, 0.6) is 5.75 Å². The van der Waals surface area contributed by atoms with Crippen LogP contribution in [0.2, 0.25) is 0 Å². The molecule has 1 aliphatic rings. The SMILES string of the molecule is BC1(B)c2ncccc2C(=O)N1Cc1ccc(-c2ccc(OC[C@@H](C)OC)c3nn(C)cc23)cc1F. The van der Waals surface area contributed by atoms with Crippen molar-refractivity contribution in [1.82, 2.24) is 19.7 Å². The number of carbonyl (C=O) groups excluding carboxylic acids is 1. The van der Waals surface area contributed by atoms with E-state index in [1.54, 1.807) is 41.1 Å². The third-order valence-electron chi connectivity index (χ3n) is 6.86. The van der Waals surface area contributed by atoms with Gasteiger partial charge in [0.1, 0.15) is 39.4 Å². The van der Waals surface area contributed by atoms with Crippen LogP contribution in [0.15, 0.2) is 54.9 Å². The number of ether oxygens (including phenoxy) is 2. The Bertz CT molecular complexity index is 1470. The van der Waals surface area contributed by atoms with E-state index in [1.165, 1.54) is 6.07 Å². The predicted molar refractivity (Wildman–Crippen MR) is 141 cm³/mol. The third-order valence-corrected chi connectivity index (χ3v) is 6.86. The molecule has 1 atom stereocenters. The van der Waals surface area contributed by atoms with Crippen molar-refractivity contribution in [3.63, 3.8) is 0 Å². The molecule has 0 fully saturated rings. The fraction of sp³-hybridized carbons (Fsp3) is 0.269. The summed E-state index contributed by atoms with van der Waals surface area (Å²) in [5.41, 5.74) is 4.02. The lowest BCUT2D eigenvalue weighted by Gasteiger charge is -2.32. The van der Waals surface area contributed by atoms with Gasteiger partial charge in [-0.1, -0.05) is 12.1 Å². The highest BCUT2D eigenvalue weighted by molar-refractivity contribution is 6.42. The number of hydrogen-bond acceptors (Lipinski definition) is 5. The molecule has 0 saturated heterocycles. The number of hydrogen-bond donors (Lipinski definition) is 0. The van der Waals surface area contributed by atoms with Crippen LogP contribution in [0.25, 0.3) is 22.0 Å². The largest absolute Gasteiger partial charge is 0.489 e. The van der Waals surface area contributed by atoms with Gasteiger partial charge in [-0.05, 0) is 48.4 Å². The number of fused-ring (bicyclic) bond motifs is 2. The van der Waals surface area contributed by atoms with Gasteiger partial charge in [0.25, 0.3) is 5.91 Å². The number of benzene rings is 2. The number of amides is 1. The van der Waals surface area contributed by atoms with Crippen LogP contribution in [0, 0.1) is 5.82 Å². The fourth-order valence-corrected chi connectivity index (χ4v) is 4.71. The minimum absolute atomic E-state index is 0.0545. The van der Waals surface area contributed by atoms with Gasteiger partial charge in [-0.15, -0.1) is 0 Å². The molecule has 5 rings (SSSR count). The van der Waals surface area contributed by atoms with E-state index in [9.17, 15) is 4.79 Å². The van der Waals surface area contributed by atoms with Crippen molar-refractivity contribution < 1.29 is 18.7 Å². The van der Waals surface area contributed by atoms with Gasteiger partial charge in [-0.3, -0.25) is 14.5 Å². The quantitative estimate of drug-likeness (QED) is 0.377. The molecular formula is C26H27B2FN4O3. The minimum Gasteiger partial charge on any atom is -0.489 e. The Hall–Kier alpha value is -3.65. The summed E-state index contributed by atoms with van der Waals surface area (Å²) in [6, 6.07) is 12.4. The molecule has 1 amide bonds. The van der Waals surface area contributed by atoms with Crippen LogP contribution < -0.4 is 4.74 Å². The lowest BCUT2D eigenvalue weighted by atomic mass is 9.59. The average Bonchev–Trinajstić information content (AvgIpc) is 3.34. The molecular weight excluding hydrogens is 457 g/mol. The van der Waals surface area contributed by atoms with Crippen molar-refractivity contribution in [3.05, 3.63) is 77.5 Å². The second-order valence-electron chi connectivity index (χ2n) is 9.69. The van der Waals surface area contributed by atoms with Crippen molar-refractivity contribution >= 4 is 32.5 Å². The topological polar surface area (TPSA) is 69.5 Å². The molecule has 1 aliphatic heterocycles. The highest BCUT2D eigenvalue weighted by atomic mass is 19.1. The van der Waals surface area contributed by atoms with Crippen LogP contribution in [-0.4, -0.2) is 61.1 Å². The maximum atomic E-state index is 15.4. The van der Waals surface area contributed by atoms with Gasteiger partial charge in [0.15, 0.2) is 0 Å². The summed E-state index contributed by atoms with van der Waals surface area (Å²) in [6.07, 6.45) is 3.53. The van der Waals surface area contributed by atoms with Crippen molar-refractivity contribution in [3.8, 4) is 16.9 Å². The molecule has 36 heavy (non-hydrogen) atoms. The average molecular weight is 484 g/mol. The molecule has 0 unspecified atom stereocenters. The Morgan fingerprint density at radius 3 is 2.69 bits per heavy atom. The Morgan fingerprint density at radius 2 is 1.97 bits per heavy atom. The zero-order valence-corrected chi connectivity index (χ0v) is 21.1. The number of nitrogens with zero attached hydrogens (tertiary/aromatic N) is 4. The second-order valence-corrected chi connectivity index (χ2v) is 9.69. The summed E-state index contributed by atoms with van der Waals surface area (Å²) >= 11 is 0. The zero-order chi connectivity index (χ0) is 25.6. The van der Waals surface area contributed by atoms with Crippen LogP contribution in [0.4, 0.5) is 4.39 Å². The van der Waals surface area contributed by atoms with Crippen LogP contribution in [0.1, 0.15) is 28.5 Å². The van der Waals surface area contributed by atoms with E-state index < -0.39 is 5.34 Å². The van der Waals surface area contributed by atoms with Gasteiger partial charge in [0.05, 0.1) is 17.4 Å². The zero-order valence-electron chi connectivity index (χ0n) is 21.1. The van der Waals surface area contributed by atoms with E-state index in [0.717, 1.165) is 16.5 Å². The normalized spacial score (nSPS) is 15.3. The minimum atomic E-state index is -0.628. The summed E-state index contributed by atoms with van der Waals surface area (Å²) in [6.45, 7) is 2.48. The third kappa shape index (κ3) is 4.05. The summed E-state index contributed by atoms with van der Waals surface area (Å²) in [5.74, 6) is 0.145. The number of carbonyl (C=O) groups is 1. The van der Waals surface area contributed by atoms with Gasteiger partial charge in [0.2, 0.25) is 0 Å². The Labute approximate surface area is 211 Å². The molecule has 0 radical (unpaired) electrons. The standard InChI is InChI=1S/C26H27B2FN4O3/c1-15(35-3)14-36-22-9-8-18(20-13-32(2)31-23(20)22)16-6-7-17(21(29)11-16)12-33-25(34)19-5-4-10-30-24(19)26(33,27)28/h4-11,13,15H,12,14,27-28H2,1-3H3/t15-/m1/s1. The number of pyridine rings is 1. The van der Waals surface area contributed by atoms with Gasteiger partial charge in [0, 0.05) is 49.4 Å². The molecule has 0 bridgehead atoms. The molecule has 4 aromatic rings. The highest BCUT2D eigenvalue weighted by Gasteiger charge is 2.43. The van der Waals surface area contributed by atoms with E-state index >= 15 is 4.39 Å². The molecule has 2 aromatic heterocycles. The van der Waals surface area contributed by atoms with Crippen LogP contribution >= 0.6 is 0 Å². The van der Waals surface area contributed by atoms with Crippen molar-refractivity contribution in [2.24, 2.45) is 7.05 Å². The lowest BCUT2D eigenvalue weighted by molar-refractivity contribution is 0.0721. The second kappa shape index (κ2) is 9.09. The summed E-state index contributed by atoms with van der Waals surface area (Å²) in [4.78, 5) is 19.1. The Balaban J connectivity index is 1.45. The highest BCUT2D eigenvalue weighted by Crippen LogP contribution is 2.37. The first-order valence-corrected chi connectivity index (χ1v) is 11.9. The number of rotatable bonds is 7. The fourth-order valence-electron chi connectivity index (χ4n) is 4.71. The Morgan fingerprint density at radius 1 is 1.17 bits per heavy atom. The first-order valence-electron chi connectivity index (χ1n) is 11.9. The first kappa shape index (κ1) is 24.1. The molecule has 10 heteroatoms. The summed E-state index contributed by atoms with van der Waals surface area (Å²) in [7, 11) is 7.36. The molecule has 3 heterocycles. The van der Waals surface area contributed by atoms with E-state index in [2.05, 4.69) is 10.1 Å².